The maximum Gasteiger partial charge on any atom is 0.137 e. The Hall–Kier alpha value is -6.33. The van der Waals surface area contributed by atoms with Crippen molar-refractivity contribution in [2.75, 3.05) is 16.5 Å². The van der Waals surface area contributed by atoms with Crippen molar-refractivity contribution in [3.8, 4) is 28.4 Å². The molecule has 0 radical (unpaired) electrons. The predicted octanol–water partition coefficient (Wildman–Crippen LogP) is 18.7. The SMILES string of the molecule is CC(C)(C)c1cc(-c2ccc3c(c2)c2ccc(Oc4cccc(N5CN(c6cc(C(C)(C)C)cc(C(C)(C)C)c6)c6c5cccc6C(C)(C)C)c4)cc2n3-c2cc(C(C)(C)C)ccn2)cc(C(C)(C)C)c1. The van der Waals surface area contributed by atoms with E-state index in [1.165, 1.54) is 67.0 Å². The van der Waals surface area contributed by atoms with Crippen LogP contribution in [0.3, 0.4) is 0 Å². The first kappa shape index (κ1) is 49.6. The molecule has 2 aromatic heterocycles. The first-order valence-corrected chi connectivity index (χ1v) is 25.8. The Balaban J connectivity index is 1.15. The van der Waals surface area contributed by atoms with E-state index in [4.69, 9.17) is 9.72 Å². The molecule has 8 aromatic rings. The highest BCUT2D eigenvalue weighted by Gasteiger charge is 2.35. The summed E-state index contributed by atoms with van der Waals surface area (Å²) in [7, 11) is 0. The van der Waals surface area contributed by atoms with Crippen LogP contribution in [0, 0.1) is 0 Å². The van der Waals surface area contributed by atoms with Crippen molar-refractivity contribution in [3.05, 3.63) is 167 Å². The Bertz CT molecular complexity index is 3260. The molecule has 0 saturated carbocycles. The molecule has 6 aromatic carbocycles. The predicted molar refractivity (Wildman–Crippen MR) is 305 cm³/mol. The van der Waals surface area contributed by atoms with Crippen molar-refractivity contribution in [1.82, 2.24) is 9.55 Å². The van der Waals surface area contributed by atoms with E-state index in [1.54, 1.807) is 0 Å². The number of rotatable bonds is 6. The van der Waals surface area contributed by atoms with Gasteiger partial charge in [-0.3, -0.25) is 4.57 Å². The number of para-hydroxylation sites is 1. The molecule has 0 bridgehead atoms. The quantitative estimate of drug-likeness (QED) is 0.166. The molecule has 1 aliphatic heterocycles. The summed E-state index contributed by atoms with van der Waals surface area (Å²) >= 11 is 0. The van der Waals surface area contributed by atoms with Crippen molar-refractivity contribution in [1.29, 1.82) is 0 Å². The van der Waals surface area contributed by atoms with Crippen LogP contribution in [-0.4, -0.2) is 16.2 Å². The number of aromatic nitrogens is 2. The number of fused-ring (bicyclic) bond motifs is 4. The Labute approximate surface area is 425 Å². The van der Waals surface area contributed by atoms with Crippen LogP contribution >= 0.6 is 0 Å². The number of anilines is 4. The summed E-state index contributed by atoms with van der Waals surface area (Å²) < 4.78 is 9.27. The van der Waals surface area contributed by atoms with E-state index in [9.17, 15) is 0 Å². The second kappa shape index (κ2) is 17.2. The second-order valence-corrected chi connectivity index (χ2v) is 26.5. The molecule has 3 heterocycles. The summed E-state index contributed by atoms with van der Waals surface area (Å²) in [6.45, 7) is 42.2. The minimum absolute atomic E-state index is 0.00410. The largest absolute Gasteiger partial charge is 0.457 e. The van der Waals surface area contributed by atoms with Crippen molar-refractivity contribution in [2.24, 2.45) is 0 Å². The monoisotopic (exact) mass is 943 g/mol. The van der Waals surface area contributed by atoms with Crippen molar-refractivity contribution < 1.29 is 4.74 Å². The maximum atomic E-state index is 6.94. The highest BCUT2D eigenvalue weighted by atomic mass is 16.5. The molecule has 0 saturated heterocycles. The molecule has 0 aliphatic carbocycles. The topological polar surface area (TPSA) is 33.5 Å². The highest BCUT2D eigenvalue weighted by Crippen LogP contribution is 2.51. The van der Waals surface area contributed by atoms with Gasteiger partial charge in [0, 0.05) is 40.5 Å². The van der Waals surface area contributed by atoms with E-state index in [-0.39, 0.29) is 32.5 Å². The van der Waals surface area contributed by atoms with Crippen molar-refractivity contribution in [3.63, 3.8) is 0 Å². The van der Waals surface area contributed by atoms with Crippen LogP contribution in [0.25, 0.3) is 38.8 Å². The molecule has 0 unspecified atom stereocenters. The van der Waals surface area contributed by atoms with Gasteiger partial charge in [0.05, 0.1) is 22.4 Å². The zero-order valence-electron chi connectivity index (χ0n) is 46.1. The van der Waals surface area contributed by atoms with Crippen LogP contribution in [0.1, 0.15) is 158 Å². The van der Waals surface area contributed by atoms with Gasteiger partial charge < -0.3 is 14.5 Å². The molecule has 71 heavy (non-hydrogen) atoms. The van der Waals surface area contributed by atoms with E-state index in [2.05, 4.69) is 266 Å². The molecule has 9 rings (SSSR count). The van der Waals surface area contributed by atoms with E-state index in [0.29, 0.717) is 6.67 Å². The Morgan fingerprint density at radius 3 is 1.58 bits per heavy atom. The number of ether oxygens (including phenoxy) is 1. The van der Waals surface area contributed by atoms with Crippen LogP contribution in [0.15, 0.2) is 134 Å². The van der Waals surface area contributed by atoms with Gasteiger partial charge in [-0.15, -0.1) is 0 Å². The highest BCUT2D eigenvalue weighted by molar-refractivity contribution is 6.10. The molecule has 5 heteroatoms. The number of pyridine rings is 1. The minimum atomic E-state index is -0.0710. The zero-order chi connectivity index (χ0) is 51.4. The first-order chi connectivity index (χ1) is 32.9. The van der Waals surface area contributed by atoms with Gasteiger partial charge in [-0.25, -0.2) is 4.98 Å². The summed E-state index contributed by atoms with van der Waals surface area (Å²) in [4.78, 5) is 10.0. The fraction of sp³-hybridized carbons (Fsp3) is 0.379. The summed E-state index contributed by atoms with van der Waals surface area (Å²) in [5, 5.41) is 2.34. The van der Waals surface area contributed by atoms with Gasteiger partial charge in [0.1, 0.15) is 24.0 Å². The van der Waals surface area contributed by atoms with Crippen LogP contribution in [-0.2, 0) is 32.5 Å². The average Bonchev–Trinajstić information content (AvgIpc) is 3.83. The molecule has 1 aliphatic rings. The van der Waals surface area contributed by atoms with Crippen LogP contribution in [0.4, 0.5) is 22.7 Å². The number of nitrogens with zero attached hydrogens (tertiary/aromatic N) is 4. The molecule has 0 fully saturated rings. The molecular formula is C66H78N4O. The average molecular weight is 943 g/mol. The normalized spacial score (nSPS) is 13.9. The first-order valence-electron chi connectivity index (χ1n) is 25.8. The third-order valence-corrected chi connectivity index (χ3v) is 14.6. The Morgan fingerprint density at radius 1 is 0.408 bits per heavy atom. The Morgan fingerprint density at radius 2 is 0.986 bits per heavy atom. The van der Waals surface area contributed by atoms with Crippen LogP contribution in [0.2, 0.25) is 0 Å². The maximum absolute atomic E-state index is 6.94. The van der Waals surface area contributed by atoms with Crippen LogP contribution in [0.5, 0.6) is 11.5 Å². The summed E-state index contributed by atoms with van der Waals surface area (Å²) in [6.07, 6.45) is 1.95. The number of benzene rings is 6. The fourth-order valence-corrected chi connectivity index (χ4v) is 10.00. The molecule has 368 valence electrons. The lowest BCUT2D eigenvalue weighted by molar-refractivity contribution is 0.483. The molecular weight excluding hydrogens is 865 g/mol. The fourth-order valence-electron chi connectivity index (χ4n) is 10.00. The van der Waals surface area contributed by atoms with E-state index in [0.717, 1.165) is 39.4 Å². The minimum Gasteiger partial charge on any atom is -0.457 e. The molecule has 0 spiro atoms. The van der Waals surface area contributed by atoms with Crippen LogP contribution < -0.4 is 14.5 Å². The third kappa shape index (κ3) is 9.74. The van der Waals surface area contributed by atoms with Crippen molar-refractivity contribution in [2.45, 2.75) is 157 Å². The molecule has 0 amide bonds. The lowest BCUT2D eigenvalue weighted by atomic mass is 9.79. The molecule has 0 atom stereocenters. The van der Waals surface area contributed by atoms with Crippen molar-refractivity contribution >= 4 is 44.6 Å². The summed E-state index contributed by atoms with van der Waals surface area (Å²) in [5.74, 6) is 2.44. The van der Waals surface area contributed by atoms with Gasteiger partial charge in [0.2, 0.25) is 0 Å². The van der Waals surface area contributed by atoms with Gasteiger partial charge >= 0.3 is 0 Å². The molecule has 5 nitrogen and oxygen atoms in total. The van der Waals surface area contributed by atoms with E-state index in [1.807, 2.05) is 6.20 Å². The van der Waals surface area contributed by atoms with Gasteiger partial charge in [0.15, 0.2) is 0 Å². The number of hydrogen-bond acceptors (Lipinski definition) is 4. The molecule has 0 N–H and O–H groups in total. The van der Waals surface area contributed by atoms with E-state index >= 15 is 0 Å². The van der Waals surface area contributed by atoms with Gasteiger partial charge in [-0.1, -0.05) is 173 Å². The third-order valence-electron chi connectivity index (χ3n) is 14.6. The summed E-state index contributed by atoms with van der Waals surface area (Å²) in [6, 6.07) is 47.7. The lowest BCUT2D eigenvalue weighted by Gasteiger charge is -2.31. The second-order valence-electron chi connectivity index (χ2n) is 26.5. The lowest BCUT2D eigenvalue weighted by Crippen LogP contribution is -2.26. The smallest absolute Gasteiger partial charge is 0.137 e. The van der Waals surface area contributed by atoms with Gasteiger partial charge in [-0.05, 0) is 144 Å². The standard InChI is InChI=1S/C66H78N4O/c1-61(2,3)44-29-30-67-59(38-44)70-56-28-25-42(43-31-45(62(4,5)6)34-46(32-43)63(7,8)9)33-54(56)53-27-26-52(40-58(53)70)71-51-22-19-21-49(39-51)68-41-69(60-55(66(16,17)18)23-20-24-57(60)68)50-36-47(64(10,11)12)35-48(37-50)65(13,14)15/h19-40H,41H2,1-18H3. The summed E-state index contributed by atoms with van der Waals surface area (Å²) in [5.41, 5.74) is 17.2. The number of hydrogen-bond donors (Lipinski definition) is 0. The van der Waals surface area contributed by atoms with Gasteiger partial charge in [0.25, 0.3) is 0 Å². The van der Waals surface area contributed by atoms with E-state index < -0.39 is 0 Å². The van der Waals surface area contributed by atoms with Gasteiger partial charge in [-0.2, -0.15) is 0 Å². The zero-order valence-corrected chi connectivity index (χ0v) is 46.1. The Kier molecular flexibility index (Phi) is 12.0.